The third kappa shape index (κ3) is 3.87. The largest absolute Gasteiger partial charge is 0.357 e. The van der Waals surface area contributed by atoms with E-state index in [1.54, 1.807) is 0 Å². The molecule has 2 amide bonds. The zero-order valence-corrected chi connectivity index (χ0v) is 8.27. The molecule has 0 bridgehead atoms. The standard InChI is InChI=1S/C8H15FN2O2/c1-5(6(12)10-4)11-7(13)8(2,3)9/h5H,1-4H3,(H,10,12)(H,11,13). The van der Waals surface area contributed by atoms with Gasteiger partial charge in [-0.2, -0.15) is 0 Å². The van der Waals surface area contributed by atoms with Crippen molar-refractivity contribution in [2.45, 2.75) is 32.5 Å². The monoisotopic (exact) mass is 190 g/mol. The number of carbonyl (C=O) groups is 2. The van der Waals surface area contributed by atoms with Gasteiger partial charge in [0.1, 0.15) is 6.04 Å². The molecule has 1 atom stereocenters. The first-order chi connectivity index (χ1) is 5.79. The summed E-state index contributed by atoms with van der Waals surface area (Å²) in [7, 11) is 1.45. The van der Waals surface area contributed by atoms with Crippen LogP contribution in [0.1, 0.15) is 20.8 Å². The van der Waals surface area contributed by atoms with Crippen LogP contribution in [0.5, 0.6) is 0 Å². The molecule has 4 nitrogen and oxygen atoms in total. The second-order valence-corrected chi connectivity index (χ2v) is 3.28. The Labute approximate surface area is 76.9 Å². The third-order valence-corrected chi connectivity index (χ3v) is 1.53. The molecule has 0 aromatic carbocycles. The minimum absolute atomic E-state index is 0.349. The van der Waals surface area contributed by atoms with Crippen LogP contribution in [0.2, 0.25) is 0 Å². The molecule has 0 aliphatic carbocycles. The highest BCUT2D eigenvalue weighted by Crippen LogP contribution is 2.07. The Morgan fingerprint density at radius 1 is 1.38 bits per heavy atom. The van der Waals surface area contributed by atoms with Gasteiger partial charge in [0.2, 0.25) is 5.91 Å². The van der Waals surface area contributed by atoms with Crippen molar-refractivity contribution in [1.82, 2.24) is 10.6 Å². The highest BCUT2D eigenvalue weighted by molar-refractivity contribution is 5.90. The summed E-state index contributed by atoms with van der Waals surface area (Å²) in [6, 6.07) is -0.715. The molecule has 13 heavy (non-hydrogen) atoms. The number of hydrogen-bond acceptors (Lipinski definition) is 2. The topological polar surface area (TPSA) is 58.2 Å². The molecule has 0 saturated heterocycles. The van der Waals surface area contributed by atoms with Crippen molar-refractivity contribution < 1.29 is 14.0 Å². The zero-order valence-electron chi connectivity index (χ0n) is 8.27. The number of carbonyl (C=O) groups excluding carboxylic acids is 2. The molecule has 5 heteroatoms. The van der Waals surface area contributed by atoms with E-state index < -0.39 is 17.6 Å². The number of nitrogens with one attached hydrogen (secondary N) is 2. The Morgan fingerprint density at radius 3 is 2.15 bits per heavy atom. The Balaban J connectivity index is 4.15. The van der Waals surface area contributed by atoms with E-state index in [4.69, 9.17) is 0 Å². The number of rotatable bonds is 3. The molecule has 0 spiro atoms. The van der Waals surface area contributed by atoms with Gasteiger partial charge >= 0.3 is 0 Å². The summed E-state index contributed by atoms with van der Waals surface area (Å²) in [6.45, 7) is 3.76. The van der Waals surface area contributed by atoms with Crippen LogP contribution in [0.3, 0.4) is 0 Å². The molecule has 0 aromatic rings. The number of alkyl halides is 1. The van der Waals surface area contributed by atoms with Crippen LogP contribution >= 0.6 is 0 Å². The Hall–Kier alpha value is -1.13. The maximum absolute atomic E-state index is 13.0. The fraction of sp³-hybridized carbons (Fsp3) is 0.750. The fourth-order valence-corrected chi connectivity index (χ4v) is 0.650. The number of likely N-dealkylation sites (N-methyl/N-ethyl adjacent to an activating group) is 1. The first-order valence-corrected chi connectivity index (χ1v) is 4.00. The van der Waals surface area contributed by atoms with Crippen molar-refractivity contribution in [1.29, 1.82) is 0 Å². The number of amides is 2. The predicted molar refractivity (Wildman–Crippen MR) is 46.9 cm³/mol. The average Bonchev–Trinajstić information content (AvgIpc) is 2.01. The lowest BCUT2D eigenvalue weighted by Crippen LogP contribution is -2.49. The van der Waals surface area contributed by atoms with Gasteiger partial charge in [-0.3, -0.25) is 9.59 Å². The van der Waals surface area contributed by atoms with Crippen molar-refractivity contribution in [3.8, 4) is 0 Å². The highest BCUT2D eigenvalue weighted by atomic mass is 19.1. The van der Waals surface area contributed by atoms with Crippen LogP contribution in [-0.4, -0.2) is 30.6 Å². The molecule has 0 aliphatic rings. The molecule has 0 aromatic heterocycles. The molecule has 1 unspecified atom stereocenters. The quantitative estimate of drug-likeness (QED) is 0.657. The summed E-state index contributed by atoms with van der Waals surface area (Å²) in [6.07, 6.45) is 0. The predicted octanol–water partition coefficient (Wildman–Crippen LogP) is -0.0148. The van der Waals surface area contributed by atoms with E-state index in [-0.39, 0.29) is 5.91 Å². The van der Waals surface area contributed by atoms with E-state index >= 15 is 0 Å². The first-order valence-electron chi connectivity index (χ1n) is 4.00. The first kappa shape index (κ1) is 11.9. The number of hydrogen-bond donors (Lipinski definition) is 2. The van der Waals surface area contributed by atoms with Crippen LogP contribution in [0.15, 0.2) is 0 Å². The third-order valence-electron chi connectivity index (χ3n) is 1.53. The van der Waals surface area contributed by atoms with E-state index in [9.17, 15) is 14.0 Å². The second kappa shape index (κ2) is 4.20. The molecule has 0 fully saturated rings. The molecule has 0 heterocycles. The minimum Gasteiger partial charge on any atom is -0.357 e. The molecular weight excluding hydrogens is 175 g/mol. The van der Waals surface area contributed by atoms with Gasteiger partial charge in [0.05, 0.1) is 0 Å². The van der Waals surface area contributed by atoms with Crippen LogP contribution < -0.4 is 10.6 Å². The van der Waals surface area contributed by atoms with Crippen molar-refractivity contribution in [3.05, 3.63) is 0 Å². The van der Waals surface area contributed by atoms with E-state index in [0.29, 0.717) is 0 Å². The van der Waals surface area contributed by atoms with E-state index in [0.717, 1.165) is 13.8 Å². The SMILES string of the molecule is CNC(=O)C(C)NC(=O)C(C)(C)F. The van der Waals surface area contributed by atoms with Crippen LogP contribution in [0.4, 0.5) is 4.39 Å². The van der Waals surface area contributed by atoms with Gasteiger partial charge in [-0.1, -0.05) is 0 Å². The minimum atomic E-state index is -1.96. The Morgan fingerprint density at radius 2 is 1.85 bits per heavy atom. The summed E-state index contributed by atoms with van der Waals surface area (Å²) in [5, 5.41) is 4.59. The summed E-state index contributed by atoms with van der Waals surface area (Å²) in [5.74, 6) is -1.14. The lowest BCUT2D eigenvalue weighted by atomic mass is 10.1. The summed E-state index contributed by atoms with van der Waals surface area (Å²) in [4.78, 5) is 22.0. The molecule has 0 aliphatic heterocycles. The summed E-state index contributed by atoms with van der Waals surface area (Å²) < 4.78 is 13.0. The van der Waals surface area contributed by atoms with Gasteiger partial charge in [0.15, 0.2) is 5.67 Å². The van der Waals surface area contributed by atoms with Gasteiger partial charge in [-0.25, -0.2) is 4.39 Å². The normalized spacial score (nSPS) is 13.3. The molecular formula is C8H15FN2O2. The molecule has 0 saturated carbocycles. The molecule has 0 radical (unpaired) electrons. The van der Waals surface area contributed by atoms with E-state index in [1.807, 2.05) is 0 Å². The number of halogens is 1. The summed E-state index contributed by atoms with van der Waals surface area (Å²) in [5.41, 5.74) is -1.96. The van der Waals surface area contributed by atoms with Crippen molar-refractivity contribution >= 4 is 11.8 Å². The Kier molecular flexibility index (Phi) is 3.84. The Bertz CT molecular complexity index is 211. The second-order valence-electron chi connectivity index (χ2n) is 3.28. The van der Waals surface area contributed by atoms with Crippen LogP contribution in [-0.2, 0) is 9.59 Å². The maximum Gasteiger partial charge on any atom is 0.257 e. The highest BCUT2D eigenvalue weighted by Gasteiger charge is 2.28. The van der Waals surface area contributed by atoms with Crippen molar-refractivity contribution in [2.75, 3.05) is 7.05 Å². The van der Waals surface area contributed by atoms with Gasteiger partial charge in [0.25, 0.3) is 5.91 Å². The lowest BCUT2D eigenvalue weighted by Gasteiger charge is -2.17. The summed E-state index contributed by atoms with van der Waals surface area (Å²) >= 11 is 0. The van der Waals surface area contributed by atoms with Crippen molar-refractivity contribution in [2.24, 2.45) is 0 Å². The van der Waals surface area contributed by atoms with Gasteiger partial charge < -0.3 is 10.6 Å². The smallest absolute Gasteiger partial charge is 0.257 e. The molecule has 2 N–H and O–H groups in total. The van der Waals surface area contributed by atoms with Gasteiger partial charge in [-0.15, -0.1) is 0 Å². The van der Waals surface area contributed by atoms with Gasteiger partial charge in [-0.05, 0) is 20.8 Å². The fourth-order valence-electron chi connectivity index (χ4n) is 0.650. The van der Waals surface area contributed by atoms with Crippen LogP contribution in [0.25, 0.3) is 0 Å². The molecule has 0 rings (SSSR count). The maximum atomic E-state index is 13.0. The average molecular weight is 190 g/mol. The van der Waals surface area contributed by atoms with E-state index in [2.05, 4.69) is 10.6 Å². The lowest BCUT2D eigenvalue weighted by molar-refractivity contribution is -0.134. The van der Waals surface area contributed by atoms with E-state index in [1.165, 1.54) is 14.0 Å². The van der Waals surface area contributed by atoms with Crippen LogP contribution in [0, 0.1) is 0 Å². The van der Waals surface area contributed by atoms with Crippen molar-refractivity contribution in [3.63, 3.8) is 0 Å². The molecule has 76 valence electrons. The van der Waals surface area contributed by atoms with Gasteiger partial charge in [0, 0.05) is 7.05 Å². The zero-order chi connectivity index (χ0) is 10.6.